The lowest BCUT2D eigenvalue weighted by molar-refractivity contribution is -0.135. The molecule has 2 bridgehead atoms. The van der Waals surface area contributed by atoms with Gasteiger partial charge in [0.05, 0.1) is 23.6 Å². The molecule has 0 aromatic heterocycles. The van der Waals surface area contributed by atoms with Gasteiger partial charge in [-0.05, 0) is 135 Å². The minimum atomic E-state index is -1.14. The lowest BCUT2D eigenvalue weighted by atomic mass is 9.42. The Balaban J connectivity index is 0.952. The molecule has 1 aromatic rings. The van der Waals surface area contributed by atoms with Crippen LogP contribution in [-0.2, 0) is 16.1 Å². The van der Waals surface area contributed by atoms with Crippen molar-refractivity contribution in [3.63, 3.8) is 0 Å². The molecule has 1 N–H and O–H groups in total. The predicted octanol–water partition coefficient (Wildman–Crippen LogP) is 7.74. The molecule has 4 nitrogen and oxygen atoms in total. The highest BCUT2D eigenvalue weighted by molar-refractivity contribution is 7.89. The summed E-state index contributed by atoms with van der Waals surface area (Å²) in [5.41, 5.74) is 2.33. The van der Waals surface area contributed by atoms with Crippen LogP contribution in [0, 0.1) is 46.3 Å². The van der Waals surface area contributed by atoms with E-state index in [4.69, 9.17) is 4.74 Å². The molecule has 4 aliphatic carbocycles. The number of nitrogens with one attached hydrogen (secondary N) is 1. The molecule has 11 atom stereocenters. The Labute approximate surface area is 247 Å². The van der Waals surface area contributed by atoms with Gasteiger partial charge in [0, 0.05) is 25.3 Å². The summed E-state index contributed by atoms with van der Waals surface area (Å²) in [6.45, 7) is 10.7. The van der Waals surface area contributed by atoms with Gasteiger partial charge in [-0.15, -0.1) is 4.72 Å². The van der Waals surface area contributed by atoms with Crippen molar-refractivity contribution in [2.45, 2.75) is 121 Å². The Kier molecular flexibility index (Phi) is 7.76. The van der Waals surface area contributed by atoms with Crippen LogP contribution in [0.4, 0.5) is 5.69 Å². The predicted molar refractivity (Wildman–Crippen MR) is 165 cm³/mol. The molecule has 9 unspecified atom stereocenters. The number of rotatable bonds is 7. The Morgan fingerprint density at radius 1 is 0.900 bits per heavy atom. The maximum atomic E-state index is 13.2. The van der Waals surface area contributed by atoms with Gasteiger partial charge in [-0.3, -0.25) is 0 Å². The average molecular weight is 567 g/mol. The van der Waals surface area contributed by atoms with Crippen LogP contribution in [0.15, 0.2) is 29.2 Å². The molecule has 2 aliphatic heterocycles. The Morgan fingerprint density at radius 3 is 2.40 bits per heavy atom. The maximum absolute atomic E-state index is 13.2. The average Bonchev–Trinajstić information content (AvgIpc) is 3.49. The van der Waals surface area contributed by atoms with Gasteiger partial charge in [0.25, 0.3) is 0 Å². The van der Waals surface area contributed by atoms with Gasteiger partial charge in [-0.25, -0.2) is 0 Å². The standard InChI is InChI=1S/C35H54N2O2S/c1-4-24-21-30-32-15-8-25(34(32,2)19-16-33(30)35(3)18-6-5-7-31(24)35)17-20-36-40(38)29-13-9-26(10-14-29)37-22-27-11-12-28(23-37)39-27/h9-10,13-14,24-25,27-28,30-33,36H,4-8,11-12,15-23H2,1-3H3/t24-,25?,27?,28?,30?,31?,32?,33-,34?,35?,40?/m0/s1. The van der Waals surface area contributed by atoms with E-state index in [2.05, 4.69) is 54.7 Å². The second-order valence-corrected chi connectivity index (χ2v) is 16.6. The SMILES string of the molecule is CC[C@H]1CC2C3CCC(CCN[S+]([O-])c4ccc(N5CC6CCC(C5)O6)cc4)C3(C)CC[C@@H]2C2(C)CCCCC12. The van der Waals surface area contributed by atoms with Crippen LogP contribution in [0.5, 0.6) is 0 Å². The van der Waals surface area contributed by atoms with Crippen LogP contribution in [0.25, 0.3) is 0 Å². The van der Waals surface area contributed by atoms with Crippen molar-refractivity contribution in [3.8, 4) is 0 Å². The van der Waals surface area contributed by atoms with Gasteiger partial charge in [0.2, 0.25) is 0 Å². The Hall–Kier alpha value is -0.750. The van der Waals surface area contributed by atoms with Crippen LogP contribution in [0.3, 0.4) is 0 Å². The number of ether oxygens (including phenoxy) is 1. The normalized spacial score (nSPS) is 45.0. The first-order valence-corrected chi connectivity index (χ1v) is 18.2. The summed E-state index contributed by atoms with van der Waals surface area (Å²) in [7, 11) is 0. The highest BCUT2D eigenvalue weighted by Crippen LogP contribution is 2.69. The summed E-state index contributed by atoms with van der Waals surface area (Å²) in [6, 6.07) is 8.45. The van der Waals surface area contributed by atoms with Gasteiger partial charge in [0.15, 0.2) is 4.90 Å². The zero-order chi connectivity index (χ0) is 27.5. The van der Waals surface area contributed by atoms with E-state index in [-0.39, 0.29) is 0 Å². The van der Waals surface area contributed by atoms with E-state index >= 15 is 0 Å². The number of morpholine rings is 1. The molecule has 0 radical (unpaired) electrons. The van der Waals surface area contributed by atoms with Crippen LogP contribution >= 0.6 is 0 Å². The van der Waals surface area contributed by atoms with E-state index in [0.29, 0.717) is 23.0 Å². The van der Waals surface area contributed by atoms with Crippen molar-refractivity contribution in [3.05, 3.63) is 24.3 Å². The quantitative estimate of drug-likeness (QED) is 0.343. The molecule has 5 heteroatoms. The molecule has 0 spiro atoms. The fraction of sp³-hybridized carbons (Fsp3) is 0.829. The van der Waals surface area contributed by atoms with Crippen LogP contribution in [0.2, 0.25) is 0 Å². The van der Waals surface area contributed by atoms with Gasteiger partial charge in [-0.2, -0.15) is 0 Å². The highest BCUT2D eigenvalue weighted by Gasteiger charge is 2.61. The first-order chi connectivity index (χ1) is 19.4. The van der Waals surface area contributed by atoms with E-state index in [1.165, 1.54) is 89.2 Å². The molecule has 4 saturated carbocycles. The largest absolute Gasteiger partial charge is 0.593 e. The Bertz CT molecular complexity index is 1020. The second-order valence-electron chi connectivity index (χ2n) is 15.3. The number of benzene rings is 1. The number of hydrogen-bond donors (Lipinski definition) is 1. The smallest absolute Gasteiger partial charge is 0.174 e. The van der Waals surface area contributed by atoms with Crippen LogP contribution < -0.4 is 9.62 Å². The van der Waals surface area contributed by atoms with Crippen molar-refractivity contribution in [2.24, 2.45) is 46.3 Å². The molecular weight excluding hydrogens is 512 g/mol. The highest BCUT2D eigenvalue weighted by atomic mass is 32.2. The lowest BCUT2D eigenvalue weighted by Gasteiger charge is -2.62. The maximum Gasteiger partial charge on any atom is 0.174 e. The van der Waals surface area contributed by atoms with E-state index < -0.39 is 11.4 Å². The minimum absolute atomic E-state index is 0.389. The Morgan fingerprint density at radius 2 is 1.65 bits per heavy atom. The molecule has 0 amide bonds. The van der Waals surface area contributed by atoms with E-state index in [9.17, 15) is 4.55 Å². The second kappa shape index (κ2) is 11.1. The first kappa shape index (κ1) is 28.0. The molecule has 6 fully saturated rings. The minimum Gasteiger partial charge on any atom is -0.593 e. The van der Waals surface area contributed by atoms with E-state index in [0.717, 1.165) is 60.0 Å². The zero-order valence-electron chi connectivity index (χ0n) is 25.4. The first-order valence-electron chi connectivity index (χ1n) is 17.0. The number of anilines is 1. The summed E-state index contributed by atoms with van der Waals surface area (Å²) in [5.74, 6) is 5.57. The van der Waals surface area contributed by atoms with Crippen LogP contribution in [0.1, 0.15) is 104 Å². The molecule has 7 rings (SSSR count). The fourth-order valence-corrected chi connectivity index (χ4v) is 12.5. The van der Waals surface area contributed by atoms with Crippen molar-refractivity contribution in [1.29, 1.82) is 0 Å². The molecule has 2 heterocycles. The summed E-state index contributed by atoms with van der Waals surface area (Å²) >= 11 is -1.14. The fourth-order valence-electron chi connectivity index (χ4n) is 11.6. The lowest BCUT2D eigenvalue weighted by Crippen LogP contribution is -2.55. The topological polar surface area (TPSA) is 47.6 Å². The van der Waals surface area contributed by atoms with Crippen LogP contribution in [-0.4, -0.2) is 36.4 Å². The number of fused-ring (bicyclic) bond motifs is 7. The monoisotopic (exact) mass is 566 g/mol. The summed E-state index contributed by atoms with van der Waals surface area (Å²) in [4.78, 5) is 3.35. The third kappa shape index (κ3) is 4.77. The van der Waals surface area contributed by atoms with Crippen molar-refractivity contribution < 1.29 is 9.29 Å². The molecule has 1 aromatic carbocycles. The third-order valence-electron chi connectivity index (χ3n) is 13.7. The summed E-state index contributed by atoms with van der Waals surface area (Å²) in [6.07, 6.45) is 18.9. The van der Waals surface area contributed by atoms with Gasteiger partial charge >= 0.3 is 0 Å². The molecular formula is C35H54N2O2S. The van der Waals surface area contributed by atoms with Crippen molar-refractivity contribution in [2.75, 3.05) is 24.5 Å². The summed E-state index contributed by atoms with van der Waals surface area (Å²) in [5, 5.41) is 0. The molecule has 222 valence electrons. The number of hydrogen-bond acceptors (Lipinski definition) is 4. The van der Waals surface area contributed by atoms with Crippen molar-refractivity contribution >= 4 is 17.0 Å². The van der Waals surface area contributed by atoms with Gasteiger partial charge in [0.1, 0.15) is 0 Å². The summed E-state index contributed by atoms with van der Waals surface area (Å²) < 4.78 is 22.6. The van der Waals surface area contributed by atoms with E-state index in [1.54, 1.807) is 0 Å². The van der Waals surface area contributed by atoms with Gasteiger partial charge < -0.3 is 14.2 Å². The zero-order valence-corrected chi connectivity index (χ0v) is 26.2. The van der Waals surface area contributed by atoms with E-state index in [1.807, 2.05) is 0 Å². The van der Waals surface area contributed by atoms with Crippen molar-refractivity contribution in [1.82, 2.24) is 4.72 Å². The molecule has 6 aliphatic rings. The molecule has 40 heavy (non-hydrogen) atoms. The molecule has 2 saturated heterocycles. The number of nitrogens with zero attached hydrogens (tertiary/aromatic N) is 1. The third-order valence-corrected chi connectivity index (χ3v) is 14.8. The van der Waals surface area contributed by atoms with Gasteiger partial charge in [-0.1, -0.05) is 40.0 Å².